The van der Waals surface area contributed by atoms with Crippen LogP contribution in [-0.4, -0.2) is 68.0 Å². The number of Topliss-reactive ketones (excluding diaryl/α,β-unsaturated/α-hetero) is 1. The zero-order valence-electron chi connectivity index (χ0n) is 23.3. The van der Waals surface area contributed by atoms with Gasteiger partial charge in [0.25, 0.3) is 0 Å². The number of carbonyl (C=O) groups is 2. The number of benzene rings is 2. The molecule has 208 valence electrons. The fourth-order valence-corrected chi connectivity index (χ4v) is 5.09. The third-order valence-corrected chi connectivity index (χ3v) is 8.18. The first-order valence-electron chi connectivity index (χ1n) is 13.4. The van der Waals surface area contributed by atoms with Crippen molar-refractivity contribution in [3.05, 3.63) is 58.7 Å². The van der Waals surface area contributed by atoms with Crippen molar-refractivity contribution in [1.82, 2.24) is 9.21 Å². The molecule has 2 unspecified atom stereocenters. The molecule has 2 atom stereocenters. The van der Waals surface area contributed by atoms with Gasteiger partial charge in [0.05, 0.1) is 11.8 Å². The Bertz CT molecular complexity index is 1240. The minimum absolute atomic E-state index is 0.0890. The lowest BCUT2D eigenvalue weighted by Crippen LogP contribution is -2.42. The Kier molecular flexibility index (Phi) is 10.1. The maximum absolute atomic E-state index is 13.8. The van der Waals surface area contributed by atoms with Gasteiger partial charge in [0, 0.05) is 42.9 Å². The number of nitrogens with zero attached hydrogens (tertiary/aromatic N) is 2. The molecule has 0 amide bonds. The first-order valence-corrected chi connectivity index (χ1v) is 15.2. The van der Waals surface area contributed by atoms with Crippen LogP contribution >= 0.6 is 0 Å². The van der Waals surface area contributed by atoms with Gasteiger partial charge in [-0.05, 0) is 26.2 Å². The molecule has 2 aromatic rings. The zero-order chi connectivity index (χ0) is 28.0. The van der Waals surface area contributed by atoms with E-state index in [2.05, 4.69) is 25.7 Å². The number of unbranched alkanes of at least 4 members (excludes halogenated alkanes) is 2. The van der Waals surface area contributed by atoms with Crippen LogP contribution in [0.25, 0.3) is 0 Å². The summed E-state index contributed by atoms with van der Waals surface area (Å²) >= 11 is 0. The van der Waals surface area contributed by atoms with Crippen LogP contribution in [0.3, 0.4) is 0 Å². The zero-order valence-corrected chi connectivity index (χ0v) is 24.1. The van der Waals surface area contributed by atoms with E-state index in [4.69, 9.17) is 9.47 Å². The highest BCUT2D eigenvalue weighted by molar-refractivity contribution is 7.88. The molecule has 0 N–H and O–H groups in total. The quantitative estimate of drug-likeness (QED) is 0.243. The average Bonchev–Trinajstić information content (AvgIpc) is 3.22. The molecule has 0 saturated carbocycles. The normalized spacial score (nSPS) is 16.0. The number of sulfonamides is 1. The molecule has 2 aromatic carbocycles. The molecule has 1 aliphatic heterocycles. The summed E-state index contributed by atoms with van der Waals surface area (Å²) in [7, 11) is -2.44. The summed E-state index contributed by atoms with van der Waals surface area (Å²) < 4.78 is 37.8. The molecule has 0 fully saturated rings. The van der Waals surface area contributed by atoms with Crippen LogP contribution in [0.5, 0.6) is 11.5 Å². The molecule has 0 aliphatic carbocycles. The number of carbonyl (C=O) groups excluding carboxylic acids is 2. The topological polar surface area (TPSA) is 93.2 Å². The van der Waals surface area contributed by atoms with Gasteiger partial charge in [0.1, 0.15) is 11.5 Å². The Balaban J connectivity index is 2.11. The molecule has 8 nitrogen and oxygen atoms in total. The van der Waals surface area contributed by atoms with E-state index in [0.717, 1.165) is 55.8 Å². The lowest BCUT2D eigenvalue weighted by atomic mass is 9.91. The Morgan fingerprint density at radius 1 is 1.08 bits per heavy atom. The van der Waals surface area contributed by atoms with Crippen molar-refractivity contribution in [1.29, 1.82) is 0 Å². The molecule has 0 aromatic heterocycles. The van der Waals surface area contributed by atoms with Crippen LogP contribution in [-0.2, 0) is 10.0 Å². The van der Waals surface area contributed by atoms with Crippen molar-refractivity contribution >= 4 is 21.6 Å². The minimum Gasteiger partial charge on any atom is -0.475 e. The van der Waals surface area contributed by atoms with Crippen molar-refractivity contribution in [2.75, 3.05) is 26.4 Å². The van der Waals surface area contributed by atoms with Crippen molar-refractivity contribution in [2.24, 2.45) is 0 Å². The molecule has 0 spiro atoms. The predicted octanol–water partition coefficient (Wildman–Crippen LogP) is 5.04. The smallest absolute Gasteiger partial charge is 0.229 e. The van der Waals surface area contributed by atoms with E-state index in [-0.39, 0.29) is 28.9 Å². The standard InChI is InChI=1S/C29H40N2O6S/c1-7-10-17-31(18-11-8-2)24(9-3)36-22-19-23-26(28(33)29(37-23)30(5)38(6,34)35)25(20(22)4)27(32)21-15-13-12-14-16-21/h12-16,19,24,29H,7-11,17-18H2,1-6H3. The molecule has 3 rings (SSSR count). The molecule has 38 heavy (non-hydrogen) atoms. The van der Waals surface area contributed by atoms with Gasteiger partial charge in [-0.15, -0.1) is 0 Å². The van der Waals surface area contributed by atoms with Crippen molar-refractivity contribution in [3.63, 3.8) is 0 Å². The lowest BCUT2D eigenvalue weighted by Gasteiger charge is -2.32. The van der Waals surface area contributed by atoms with Crippen molar-refractivity contribution in [2.45, 2.75) is 72.3 Å². The number of hydrogen-bond acceptors (Lipinski definition) is 7. The van der Waals surface area contributed by atoms with Crippen molar-refractivity contribution in [3.8, 4) is 11.5 Å². The van der Waals surface area contributed by atoms with Crippen LogP contribution in [0.2, 0.25) is 0 Å². The summed E-state index contributed by atoms with van der Waals surface area (Å²) in [5.74, 6) is -0.310. The fourth-order valence-electron chi connectivity index (χ4n) is 4.61. The maximum atomic E-state index is 13.8. The highest BCUT2D eigenvalue weighted by Gasteiger charge is 2.43. The second-order valence-corrected chi connectivity index (χ2v) is 11.8. The molecule has 9 heteroatoms. The molecule has 0 bridgehead atoms. The third-order valence-electron chi connectivity index (χ3n) is 6.95. The fraction of sp³-hybridized carbons (Fsp3) is 0.517. The highest BCUT2D eigenvalue weighted by Crippen LogP contribution is 2.41. The molecule has 1 aliphatic rings. The van der Waals surface area contributed by atoms with Crippen LogP contribution in [0.15, 0.2) is 36.4 Å². The second-order valence-electron chi connectivity index (χ2n) is 9.78. The average molecular weight is 545 g/mol. The molecular formula is C29H40N2O6S. The summed E-state index contributed by atoms with van der Waals surface area (Å²) in [4.78, 5) is 29.6. The monoisotopic (exact) mass is 544 g/mol. The number of likely N-dealkylation sites (N-methyl/N-ethyl adjacent to an activating group) is 1. The molecule has 0 saturated heterocycles. The van der Waals surface area contributed by atoms with E-state index in [9.17, 15) is 18.0 Å². The maximum Gasteiger partial charge on any atom is 0.229 e. The van der Waals surface area contributed by atoms with Gasteiger partial charge < -0.3 is 9.47 Å². The van der Waals surface area contributed by atoms with Crippen LogP contribution < -0.4 is 9.47 Å². The summed E-state index contributed by atoms with van der Waals surface area (Å²) in [6.45, 7) is 9.93. The summed E-state index contributed by atoms with van der Waals surface area (Å²) in [5.41, 5.74) is 1.22. The summed E-state index contributed by atoms with van der Waals surface area (Å²) in [5, 5.41) is 0. The van der Waals surface area contributed by atoms with Gasteiger partial charge in [0.2, 0.25) is 22.0 Å². The van der Waals surface area contributed by atoms with Crippen LogP contribution in [0.1, 0.15) is 84.7 Å². The molecule has 0 radical (unpaired) electrons. The number of ketones is 2. The van der Waals surface area contributed by atoms with E-state index in [1.807, 2.05) is 6.07 Å². The van der Waals surface area contributed by atoms with E-state index in [1.54, 1.807) is 37.3 Å². The van der Waals surface area contributed by atoms with Gasteiger partial charge in [-0.3, -0.25) is 14.5 Å². The minimum atomic E-state index is -3.73. The van der Waals surface area contributed by atoms with Gasteiger partial charge in [-0.2, -0.15) is 4.31 Å². The van der Waals surface area contributed by atoms with Crippen molar-refractivity contribution < 1.29 is 27.5 Å². The van der Waals surface area contributed by atoms with E-state index >= 15 is 0 Å². The number of rotatable bonds is 14. The van der Waals surface area contributed by atoms with Crippen LogP contribution in [0.4, 0.5) is 0 Å². The number of fused-ring (bicyclic) bond motifs is 1. The van der Waals surface area contributed by atoms with E-state index in [0.29, 0.717) is 16.9 Å². The molecular weight excluding hydrogens is 504 g/mol. The summed E-state index contributed by atoms with van der Waals surface area (Å²) in [6, 6.07) is 10.3. The van der Waals surface area contributed by atoms with Gasteiger partial charge in [-0.25, -0.2) is 8.42 Å². The lowest BCUT2D eigenvalue weighted by molar-refractivity contribution is 0.0194. The predicted molar refractivity (Wildman–Crippen MR) is 149 cm³/mol. The van der Waals surface area contributed by atoms with Crippen LogP contribution in [0, 0.1) is 6.92 Å². The van der Waals surface area contributed by atoms with Gasteiger partial charge >= 0.3 is 0 Å². The first kappa shape index (κ1) is 29.8. The Morgan fingerprint density at radius 2 is 1.68 bits per heavy atom. The van der Waals surface area contributed by atoms with E-state index in [1.165, 1.54) is 7.05 Å². The van der Waals surface area contributed by atoms with Gasteiger partial charge in [-0.1, -0.05) is 63.9 Å². The first-order chi connectivity index (χ1) is 18.0. The second kappa shape index (κ2) is 12.9. The Morgan fingerprint density at radius 3 is 2.21 bits per heavy atom. The molecule has 1 heterocycles. The largest absolute Gasteiger partial charge is 0.475 e. The third kappa shape index (κ3) is 6.45. The van der Waals surface area contributed by atoms with E-state index < -0.39 is 22.0 Å². The number of ether oxygens (including phenoxy) is 2. The van der Waals surface area contributed by atoms with Gasteiger partial charge in [0.15, 0.2) is 12.0 Å². The Hall–Kier alpha value is -2.75. The Labute approximate surface area is 227 Å². The summed E-state index contributed by atoms with van der Waals surface area (Å²) in [6.07, 6.45) is 4.35. The number of hydrogen-bond donors (Lipinski definition) is 0. The highest BCUT2D eigenvalue weighted by atomic mass is 32.2. The SMILES string of the molecule is CCCCN(CCCC)C(CC)Oc1cc2c(c(C(=O)c3ccccc3)c1C)C(=O)C(N(C)S(C)(=O)=O)O2.